The number of anilines is 1. The molecule has 0 aromatic heterocycles. The summed E-state index contributed by atoms with van der Waals surface area (Å²) in [5.41, 5.74) is 3.52. The van der Waals surface area contributed by atoms with Gasteiger partial charge in [0.2, 0.25) is 0 Å². The first kappa shape index (κ1) is 18.7. The van der Waals surface area contributed by atoms with Crippen molar-refractivity contribution in [3.05, 3.63) is 113 Å². The monoisotopic (exact) mass is 371 g/mol. The molecule has 0 amide bonds. The second-order valence-corrected chi connectivity index (χ2v) is 6.69. The van der Waals surface area contributed by atoms with Crippen molar-refractivity contribution in [2.45, 2.75) is 0 Å². The Hall–Kier alpha value is -3.04. The molecule has 3 heteroatoms. The zero-order valence-electron chi connectivity index (χ0n) is 15.1. The molecule has 3 aromatic rings. The number of hydrogen-bond acceptors (Lipinski definition) is 3. The molecule has 0 unspecified atom stereocenters. The molecule has 0 aliphatic carbocycles. The van der Waals surface area contributed by atoms with Crippen molar-refractivity contribution in [1.29, 1.82) is 0 Å². The van der Waals surface area contributed by atoms with E-state index in [1.807, 2.05) is 103 Å². The van der Waals surface area contributed by atoms with Gasteiger partial charge in [-0.3, -0.25) is 4.79 Å². The average molecular weight is 372 g/mol. The SMILES string of the molecule is CSC(Nc1ccccc1)=C(C(=O)C=Cc1ccccc1)c1ccccc1. The number of ketones is 1. The fourth-order valence-electron chi connectivity index (χ4n) is 2.68. The Kier molecular flexibility index (Phi) is 6.66. The van der Waals surface area contributed by atoms with Crippen LogP contribution >= 0.6 is 11.8 Å². The Morgan fingerprint density at radius 1 is 0.815 bits per heavy atom. The van der Waals surface area contributed by atoms with Gasteiger partial charge in [0, 0.05) is 5.69 Å². The van der Waals surface area contributed by atoms with E-state index in [9.17, 15) is 4.79 Å². The van der Waals surface area contributed by atoms with E-state index >= 15 is 0 Å². The predicted molar refractivity (Wildman–Crippen MR) is 117 cm³/mol. The van der Waals surface area contributed by atoms with Crippen LogP contribution in [0.2, 0.25) is 0 Å². The molecule has 3 rings (SSSR count). The maximum absolute atomic E-state index is 13.1. The quantitative estimate of drug-likeness (QED) is 0.508. The molecule has 27 heavy (non-hydrogen) atoms. The molecule has 0 atom stereocenters. The first-order valence-corrected chi connectivity index (χ1v) is 9.93. The third-order valence-corrected chi connectivity index (χ3v) is 4.71. The molecule has 1 N–H and O–H groups in total. The van der Waals surface area contributed by atoms with Crippen molar-refractivity contribution in [1.82, 2.24) is 0 Å². The maximum Gasteiger partial charge on any atom is 0.189 e. The number of hydrogen-bond donors (Lipinski definition) is 1. The smallest absolute Gasteiger partial charge is 0.189 e. The number of allylic oxidation sites excluding steroid dienone is 2. The summed E-state index contributed by atoms with van der Waals surface area (Å²) in [4.78, 5) is 13.1. The Labute approximate surface area is 164 Å². The van der Waals surface area contributed by atoms with E-state index in [1.165, 1.54) is 11.8 Å². The predicted octanol–water partition coefficient (Wildman–Crippen LogP) is 6.11. The van der Waals surface area contributed by atoms with Gasteiger partial charge in [0.1, 0.15) is 0 Å². The van der Waals surface area contributed by atoms with Crippen LogP contribution in [0.5, 0.6) is 0 Å². The van der Waals surface area contributed by atoms with Gasteiger partial charge >= 0.3 is 0 Å². The minimum absolute atomic E-state index is 0.0298. The van der Waals surface area contributed by atoms with E-state index in [4.69, 9.17) is 0 Å². The van der Waals surface area contributed by atoms with Crippen LogP contribution in [0.4, 0.5) is 5.69 Å². The Balaban J connectivity index is 1.99. The topological polar surface area (TPSA) is 29.1 Å². The summed E-state index contributed by atoms with van der Waals surface area (Å²) in [6.07, 6.45) is 5.47. The van der Waals surface area contributed by atoms with E-state index in [1.54, 1.807) is 6.08 Å². The van der Waals surface area contributed by atoms with Crippen molar-refractivity contribution in [3.63, 3.8) is 0 Å². The van der Waals surface area contributed by atoms with Crippen molar-refractivity contribution in [2.24, 2.45) is 0 Å². The summed E-state index contributed by atoms with van der Waals surface area (Å²) in [7, 11) is 0. The van der Waals surface area contributed by atoms with E-state index in [0.29, 0.717) is 5.57 Å². The molecule has 2 nitrogen and oxygen atoms in total. The average Bonchev–Trinajstić information content (AvgIpc) is 2.74. The van der Waals surface area contributed by atoms with Gasteiger partial charge in [0.05, 0.1) is 10.6 Å². The molecule has 0 saturated heterocycles. The number of nitrogens with one attached hydrogen (secondary N) is 1. The highest BCUT2D eigenvalue weighted by Crippen LogP contribution is 2.28. The van der Waals surface area contributed by atoms with Crippen LogP contribution < -0.4 is 5.32 Å². The minimum atomic E-state index is -0.0298. The summed E-state index contributed by atoms with van der Waals surface area (Å²) >= 11 is 1.53. The van der Waals surface area contributed by atoms with Gasteiger partial charge in [-0.05, 0) is 35.6 Å². The summed E-state index contributed by atoms with van der Waals surface area (Å²) in [5.74, 6) is -0.0298. The number of carbonyl (C=O) groups excluding carboxylic acids is 1. The molecule has 0 spiro atoms. The lowest BCUT2D eigenvalue weighted by molar-refractivity contribution is -0.109. The second-order valence-electron chi connectivity index (χ2n) is 5.87. The van der Waals surface area contributed by atoms with Gasteiger partial charge in [0.15, 0.2) is 5.78 Å². The highest BCUT2D eigenvalue weighted by atomic mass is 32.2. The normalized spacial score (nSPS) is 11.9. The van der Waals surface area contributed by atoms with Crippen molar-refractivity contribution in [2.75, 3.05) is 11.6 Å². The standard InChI is InChI=1S/C24H21NOS/c1-27-24(25-21-15-9-4-10-16-21)23(20-13-7-3-8-14-20)22(26)18-17-19-11-5-2-6-12-19/h2-18,25H,1H3. The highest BCUT2D eigenvalue weighted by Gasteiger charge is 2.15. The van der Waals surface area contributed by atoms with Gasteiger partial charge in [-0.2, -0.15) is 0 Å². The van der Waals surface area contributed by atoms with Crippen molar-refractivity contribution < 1.29 is 4.79 Å². The van der Waals surface area contributed by atoms with Gasteiger partial charge in [-0.25, -0.2) is 0 Å². The number of rotatable bonds is 7. The minimum Gasteiger partial charge on any atom is -0.350 e. The second kappa shape index (κ2) is 9.60. The Morgan fingerprint density at radius 2 is 1.37 bits per heavy atom. The molecular weight excluding hydrogens is 350 g/mol. The molecule has 0 saturated carbocycles. The molecule has 0 bridgehead atoms. The molecule has 3 aromatic carbocycles. The van der Waals surface area contributed by atoms with Crippen LogP contribution in [0.3, 0.4) is 0 Å². The highest BCUT2D eigenvalue weighted by molar-refractivity contribution is 8.02. The number of thioether (sulfide) groups is 1. The number of benzene rings is 3. The van der Waals surface area contributed by atoms with E-state index < -0.39 is 0 Å². The Bertz CT molecular complexity index is 932. The largest absolute Gasteiger partial charge is 0.350 e. The van der Waals surface area contributed by atoms with E-state index in [2.05, 4.69) is 5.32 Å². The first-order chi connectivity index (χ1) is 13.3. The van der Waals surface area contributed by atoms with Gasteiger partial charge in [0.25, 0.3) is 0 Å². The summed E-state index contributed by atoms with van der Waals surface area (Å²) < 4.78 is 0. The maximum atomic E-state index is 13.1. The lowest BCUT2D eigenvalue weighted by Crippen LogP contribution is -2.07. The van der Waals surface area contributed by atoms with Gasteiger partial charge < -0.3 is 5.32 Å². The third kappa shape index (κ3) is 5.22. The molecular formula is C24H21NOS. The summed E-state index contributed by atoms with van der Waals surface area (Å²) in [6.45, 7) is 0. The molecule has 134 valence electrons. The summed E-state index contributed by atoms with van der Waals surface area (Å²) in [6, 6.07) is 29.5. The van der Waals surface area contributed by atoms with Crippen LogP contribution in [0.25, 0.3) is 11.6 Å². The van der Waals surface area contributed by atoms with Crippen LogP contribution in [0.1, 0.15) is 11.1 Å². The van der Waals surface area contributed by atoms with Crippen LogP contribution in [0.15, 0.2) is 102 Å². The number of para-hydroxylation sites is 1. The van der Waals surface area contributed by atoms with Crippen LogP contribution in [-0.4, -0.2) is 12.0 Å². The van der Waals surface area contributed by atoms with Crippen molar-refractivity contribution >= 4 is 34.9 Å². The Morgan fingerprint density at radius 3 is 1.96 bits per heavy atom. The molecule has 0 radical (unpaired) electrons. The van der Waals surface area contributed by atoms with E-state index in [-0.39, 0.29) is 5.78 Å². The zero-order valence-corrected chi connectivity index (χ0v) is 15.9. The number of carbonyl (C=O) groups is 1. The zero-order chi connectivity index (χ0) is 18.9. The van der Waals surface area contributed by atoms with Crippen LogP contribution in [-0.2, 0) is 4.79 Å². The van der Waals surface area contributed by atoms with Crippen LogP contribution in [0, 0.1) is 0 Å². The molecule has 0 aliphatic rings. The molecule has 0 aliphatic heterocycles. The fourth-order valence-corrected chi connectivity index (χ4v) is 3.32. The van der Waals surface area contributed by atoms with Gasteiger partial charge in [-0.15, -0.1) is 11.8 Å². The third-order valence-electron chi connectivity index (χ3n) is 4.00. The lowest BCUT2D eigenvalue weighted by Gasteiger charge is -2.14. The molecule has 0 fully saturated rings. The first-order valence-electron chi connectivity index (χ1n) is 8.71. The van der Waals surface area contributed by atoms with Gasteiger partial charge in [-0.1, -0.05) is 84.9 Å². The summed E-state index contributed by atoms with van der Waals surface area (Å²) in [5, 5.41) is 4.22. The fraction of sp³-hybridized carbons (Fsp3) is 0.0417. The molecule has 0 heterocycles. The van der Waals surface area contributed by atoms with Crippen molar-refractivity contribution in [3.8, 4) is 0 Å². The van der Waals surface area contributed by atoms with E-state index in [0.717, 1.165) is 21.8 Å². The lowest BCUT2D eigenvalue weighted by atomic mass is 10.0.